The molecule has 6 heteroatoms. The lowest BCUT2D eigenvalue weighted by atomic mass is 9.93. The molecule has 6 nitrogen and oxygen atoms in total. The number of ether oxygens (including phenoxy) is 1. The number of fused-ring (bicyclic) bond motifs is 1. The molecule has 0 spiro atoms. The lowest BCUT2D eigenvalue weighted by molar-refractivity contribution is 0.0600. The number of likely N-dealkylation sites (tertiary alicyclic amines) is 1. The van der Waals surface area contributed by atoms with Crippen LogP contribution in [0.15, 0.2) is 18.3 Å². The number of piperidine rings is 1. The Hall–Kier alpha value is -1.95. The molecular formula is C17H24N4O2. The molecule has 0 saturated carbocycles. The van der Waals surface area contributed by atoms with Gasteiger partial charge in [0.1, 0.15) is 5.82 Å². The molecule has 1 atom stereocenters. The third-order valence-corrected chi connectivity index (χ3v) is 4.65. The molecule has 1 saturated heterocycles. The molecule has 1 unspecified atom stereocenters. The number of aromatic nitrogens is 3. The number of nitrogens with zero attached hydrogens (tertiary/aromatic N) is 4. The third-order valence-electron chi connectivity index (χ3n) is 4.65. The van der Waals surface area contributed by atoms with Crippen LogP contribution in [-0.2, 0) is 11.2 Å². The Morgan fingerprint density at radius 1 is 1.39 bits per heavy atom. The molecule has 1 aliphatic rings. The Morgan fingerprint density at radius 2 is 2.22 bits per heavy atom. The SMILES string of the molecule is COC(=O)c1ccc2nnc(CC3CCCN(C(C)C)C3)n2c1. The van der Waals surface area contributed by atoms with Crippen molar-refractivity contribution in [1.29, 1.82) is 0 Å². The van der Waals surface area contributed by atoms with E-state index in [1.165, 1.54) is 26.5 Å². The van der Waals surface area contributed by atoms with Crippen molar-refractivity contribution in [3.05, 3.63) is 29.7 Å². The van der Waals surface area contributed by atoms with Gasteiger partial charge in [-0.15, -0.1) is 10.2 Å². The number of hydrogen-bond donors (Lipinski definition) is 0. The predicted octanol–water partition coefficient (Wildman–Crippen LogP) is 2.18. The Labute approximate surface area is 136 Å². The molecular weight excluding hydrogens is 292 g/mol. The van der Waals surface area contributed by atoms with E-state index in [1.807, 2.05) is 10.5 Å². The van der Waals surface area contributed by atoms with Gasteiger partial charge in [0.05, 0.1) is 12.7 Å². The average Bonchev–Trinajstić information content (AvgIpc) is 2.96. The molecule has 0 aromatic carbocycles. The Kier molecular flexibility index (Phi) is 4.61. The summed E-state index contributed by atoms with van der Waals surface area (Å²) in [6.45, 7) is 6.78. The van der Waals surface area contributed by atoms with Crippen molar-refractivity contribution in [3.63, 3.8) is 0 Å². The summed E-state index contributed by atoms with van der Waals surface area (Å²) in [5.41, 5.74) is 1.29. The second-order valence-electron chi connectivity index (χ2n) is 6.55. The zero-order valence-electron chi connectivity index (χ0n) is 14.0. The molecule has 0 N–H and O–H groups in total. The zero-order valence-corrected chi connectivity index (χ0v) is 14.0. The first-order valence-electron chi connectivity index (χ1n) is 8.24. The third kappa shape index (κ3) is 3.37. The summed E-state index contributed by atoms with van der Waals surface area (Å²) in [7, 11) is 1.39. The minimum Gasteiger partial charge on any atom is -0.465 e. The smallest absolute Gasteiger partial charge is 0.339 e. The minimum absolute atomic E-state index is 0.338. The first kappa shape index (κ1) is 15.9. The number of carbonyl (C=O) groups excluding carboxylic acids is 1. The number of rotatable bonds is 4. The predicted molar refractivity (Wildman–Crippen MR) is 87.5 cm³/mol. The Bertz CT molecular complexity index is 695. The van der Waals surface area contributed by atoms with Crippen molar-refractivity contribution in [2.45, 2.75) is 39.2 Å². The van der Waals surface area contributed by atoms with Gasteiger partial charge in [-0.3, -0.25) is 4.40 Å². The summed E-state index contributed by atoms with van der Waals surface area (Å²) in [6, 6.07) is 4.11. The summed E-state index contributed by atoms with van der Waals surface area (Å²) in [6.07, 6.45) is 5.11. The van der Waals surface area contributed by atoms with Crippen molar-refractivity contribution in [3.8, 4) is 0 Å². The van der Waals surface area contributed by atoms with E-state index in [9.17, 15) is 4.79 Å². The maximum absolute atomic E-state index is 11.7. The van der Waals surface area contributed by atoms with Crippen LogP contribution < -0.4 is 0 Å². The van der Waals surface area contributed by atoms with Crippen LogP contribution in [0, 0.1) is 5.92 Å². The van der Waals surface area contributed by atoms with Gasteiger partial charge in [0.25, 0.3) is 0 Å². The number of methoxy groups -OCH3 is 1. The van der Waals surface area contributed by atoms with Gasteiger partial charge in [0.15, 0.2) is 5.65 Å². The van der Waals surface area contributed by atoms with Crippen LogP contribution in [0.5, 0.6) is 0 Å². The molecule has 2 aromatic rings. The monoisotopic (exact) mass is 316 g/mol. The van der Waals surface area contributed by atoms with E-state index < -0.39 is 0 Å². The molecule has 3 rings (SSSR count). The molecule has 0 bridgehead atoms. The normalized spacial score (nSPS) is 19.4. The van der Waals surface area contributed by atoms with Crippen LogP contribution in [0.3, 0.4) is 0 Å². The maximum atomic E-state index is 11.7. The molecule has 3 heterocycles. The first-order chi connectivity index (χ1) is 11.1. The Balaban J connectivity index is 1.81. The summed E-state index contributed by atoms with van der Waals surface area (Å²) in [5, 5.41) is 8.54. The largest absolute Gasteiger partial charge is 0.465 e. The van der Waals surface area contributed by atoms with E-state index in [0.29, 0.717) is 17.5 Å². The van der Waals surface area contributed by atoms with Gasteiger partial charge in [-0.25, -0.2) is 4.79 Å². The lowest BCUT2D eigenvalue weighted by Crippen LogP contribution is -2.40. The van der Waals surface area contributed by atoms with E-state index >= 15 is 0 Å². The first-order valence-corrected chi connectivity index (χ1v) is 8.24. The fourth-order valence-electron chi connectivity index (χ4n) is 3.31. The van der Waals surface area contributed by atoms with Crippen LogP contribution in [0.2, 0.25) is 0 Å². The fraction of sp³-hybridized carbons (Fsp3) is 0.588. The fourth-order valence-corrected chi connectivity index (χ4v) is 3.31. The van der Waals surface area contributed by atoms with Gasteiger partial charge in [-0.2, -0.15) is 0 Å². The molecule has 23 heavy (non-hydrogen) atoms. The van der Waals surface area contributed by atoms with E-state index in [1.54, 1.807) is 12.3 Å². The summed E-state index contributed by atoms with van der Waals surface area (Å²) < 4.78 is 6.71. The summed E-state index contributed by atoms with van der Waals surface area (Å²) in [5.74, 6) is 1.16. The van der Waals surface area contributed by atoms with Crippen LogP contribution in [0.25, 0.3) is 5.65 Å². The van der Waals surface area contributed by atoms with Gasteiger partial charge in [-0.1, -0.05) is 0 Å². The van der Waals surface area contributed by atoms with Gasteiger partial charge in [0, 0.05) is 25.2 Å². The minimum atomic E-state index is -0.338. The highest BCUT2D eigenvalue weighted by atomic mass is 16.5. The molecule has 0 radical (unpaired) electrons. The van der Waals surface area contributed by atoms with Crippen LogP contribution in [0.1, 0.15) is 42.9 Å². The van der Waals surface area contributed by atoms with Gasteiger partial charge >= 0.3 is 5.97 Å². The highest BCUT2D eigenvalue weighted by Crippen LogP contribution is 2.22. The second-order valence-corrected chi connectivity index (χ2v) is 6.55. The Morgan fingerprint density at radius 3 is 2.96 bits per heavy atom. The highest BCUT2D eigenvalue weighted by Gasteiger charge is 2.23. The van der Waals surface area contributed by atoms with Crippen molar-refractivity contribution in [2.24, 2.45) is 5.92 Å². The van der Waals surface area contributed by atoms with E-state index in [0.717, 1.165) is 24.4 Å². The number of carbonyl (C=O) groups is 1. The lowest BCUT2D eigenvalue weighted by Gasteiger charge is -2.35. The number of hydrogen-bond acceptors (Lipinski definition) is 5. The summed E-state index contributed by atoms with van der Waals surface area (Å²) in [4.78, 5) is 14.2. The zero-order chi connectivity index (χ0) is 16.4. The quantitative estimate of drug-likeness (QED) is 0.809. The standard InChI is InChI=1S/C17H24N4O2/c1-12(2)20-8-4-5-13(10-20)9-16-19-18-15-7-6-14(11-21(15)16)17(22)23-3/h6-7,11-13H,4-5,8-10H2,1-3H3. The van der Waals surface area contributed by atoms with Crippen molar-refractivity contribution in [1.82, 2.24) is 19.5 Å². The number of pyridine rings is 1. The maximum Gasteiger partial charge on any atom is 0.339 e. The molecule has 0 aliphatic carbocycles. The molecule has 1 fully saturated rings. The second kappa shape index (κ2) is 6.66. The molecule has 0 amide bonds. The van der Waals surface area contributed by atoms with E-state index in [-0.39, 0.29) is 5.97 Å². The molecule has 124 valence electrons. The van der Waals surface area contributed by atoms with Gasteiger partial charge in [-0.05, 0) is 51.3 Å². The van der Waals surface area contributed by atoms with E-state index in [4.69, 9.17) is 4.74 Å². The van der Waals surface area contributed by atoms with Crippen LogP contribution >= 0.6 is 0 Å². The van der Waals surface area contributed by atoms with Crippen molar-refractivity contribution >= 4 is 11.6 Å². The van der Waals surface area contributed by atoms with E-state index in [2.05, 4.69) is 28.9 Å². The highest BCUT2D eigenvalue weighted by molar-refractivity contribution is 5.89. The summed E-state index contributed by atoms with van der Waals surface area (Å²) >= 11 is 0. The van der Waals surface area contributed by atoms with Gasteiger partial charge < -0.3 is 9.64 Å². The van der Waals surface area contributed by atoms with Crippen molar-refractivity contribution < 1.29 is 9.53 Å². The average molecular weight is 316 g/mol. The van der Waals surface area contributed by atoms with Gasteiger partial charge in [0.2, 0.25) is 0 Å². The topological polar surface area (TPSA) is 59.7 Å². The molecule has 1 aliphatic heterocycles. The number of esters is 1. The van der Waals surface area contributed by atoms with Crippen LogP contribution in [0.4, 0.5) is 0 Å². The molecule has 2 aromatic heterocycles. The van der Waals surface area contributed by atoms with Crippen molar-refractivity contribution in [2.75, 3.05) is 20.2 Å². The van der Waals surface area contributed by atoms with Crippen LogP contribution in [-0.4, -0.2) is 51.7 Å².